The molecular weight excluding hydrogens is 480 g/mol. The fourth-order valence-electron chi connectivity index (χ4n) is 4.36. The molecule has 8 heteroatoms. The molecule has 0 spiro atoms. The summed E-state index contributed by atoms with van der Waals surface area (Å²) in [6.07, 6.45) is 4.05. The van der Waals surface area contributed by atoms with Crippen molar-refractivity contribution in [1.82, 2.24) is 14.7 Å². The number of fused-ring (bicyclic) bond motifs is 1. The summed E-state index contributed by atoms with van der Waals surface area (Å²) in [4.78, 5) is 17.7. The van der Waals surface area contributed by atoms with Gasteiger partial charge in [-0.2, -0.15) is 5.26 Å². The minimum Gasteiger partial charge on any atom is -0.490 e. The van der Waals surface area contributed by atoms with Crippen molar-refractivity contribution in [2.45, 2.75) is 51.9 Å². The first-order valence-corrected chi connectivity index (χ1v) is 12.7. The van der Waals surface area contributed by atoms with Crippen LogP contribution < -0.4 is 10.1 Å². The second-order valence-corrected chi connectivity index (χ2v) is 9.57. The molecule has 0 aliphatic heterocycles. The molecule has 3 N–H and O–H groups in total. The van der Waals surface area contributed by atoms with Crippen LogP contribution >= 0.6 is 0 Å². The number of nitrogens with zero attached hydrogens (tertiary/aromatic N) is 3. The van der Waals surface area contributed by atoms with Gasteiger partial charge in [0.15, 0.2) is 0 Å². The smallest absolute Gasteiger partial charge is 0.251 e. The average molecular weight is 513 g/mol. The second kappa shape index (κ2) is 11.9. The number of carbonyl (C=O) groups excluding carboxylic acids is 1. The number of nitrogens with one attached hydrogen (secondary N) is 1. The van der Waals surface area contributed by atoms with Gasteiger partial charge < -0.3 is 24.7 Å². The van der Waals surface area contributed by atoms with Crippen LogP contribution in [0.3, 0.4) is 0 Å². The zero-order valence-corrected chi connectivity index (χ0v) is 21.8. The predicted molar refractivity (Wildman–Crippen MR) is 145 cm³/mol. The normalized spacial score (nSPS) is 12.8. The van der Waals surface area contributed by atoms with Crippen molar-refractivity contribution in [1.29, 1.82) is 5.26 Å². The van der Waals surface area contributed by atoms with Crippen LogP contribution in [-0.4, -0.2) is 44.3 Å². The summed E-state index contributed by atoms with van der Waals surface area (Å²) in [6, 6.07) is 18.3. The molecule has 0 aliphatic carbocycles. The van der Waals surface area contributed by atoms with E-state index in [1.54, 1.807) is 19.1 Å². The lowest BCUT2D eigenvalue weighted by molar-refractivity contribution is 0.0930. The first-order chi connectivity index (χ1) is 18.3. The summed E-state index contributed by atoms with van der Waals surface area (Å²) in [6.45, 7) is 5.40. The predicted octanol–water partition coefficient (Wildman–Crippen LogP) is 4.44. The number of aliphatic hydroxyl groups is 2. The molecule has 4 aromatic rings. The van der Waals surface area contributed by atoms with Crippen LogP contribution in [0.25, 0.3) is 16.9 Å². The molecule has 2 atom stereocenters. The summed E-state index contributed by atoms with van der Waals surface area (Å²) in [5.74, 6) is 0.130. The number of nitriles is 1. The van der Waals surface area contributed by atoms with Crippen molar-refractivity contribution >= 4 is 11.6 Å². The lowest BCUT2D eigenvalue weighted by Crippen LogP contribution is -2.37. The molecule has 0 unspecified atom stereocenters. The molecule has 0 bridgehead atoms. The number of rotatable bonds is 10. The van der Waals surface area contributed by atoms with E-state index in [0.29, 0.717) is 29.7 Å². The summed E-state index contributed by atoms with van der Waals surface area (Å²) in [5.41, 5.74) is 4.87. The maximum Gasteiger partial charge on any atom is 0.251 e. The number of hydrogen-bond donors (Lipinski definition) is 3. The van der Waals surface area contributed by atoms with Crippen molar-refractivity contribution in [3.63, 3.8) is 0 Å². The van der Waals surface area contributed by atoms with Gasteiger partial charge in [0, 0.05) is 41.7 Å². The first-order valence-electron chi connectivity index (χ1n) is 12.7. The van der Waals surface area contributed by atoms with Crippen LogP contribution in [0.1, 0.15) is 60.3 Å². The van der Waals surface area contributed by atoms with Crippen LogP contribution in [0.2, 0.25) is 0 Å². The molecule has 2 heterocycles. The first kappa shape index (κ1) is 26.9. The topological polar surface area (TPSA) is 120 Å². The van der Waals surface area contributed by atoms with Crippen LogP contribution in [0.15, 0.2) is 67.0 Å². The van der Waals surface area contributed by atoms with Gasteiger partial charge in [-0.05, 0) is 63.4 Å². The van der Waals surface area contributed by atoms with E-state index in [9.17, 15) is 20.3 Å². The van der Waals surface area contributed by atoms with Crippen LogP contribution in [-0.2, 0) is 6.42 Å². The Hall–Kier alpha value is -4.19. The summed E-state index contributed by atoms with van der Waals surface area (Å²) in [5, 5.41) is 32.1. The third-order valence-electron chi connectivity index (χ3n) is 6.23. The summed E-state index contributed by atoms with van der Waals surface area (Å²) < 4.78 is 7.54. The van der Waals surface area contributed by atoms with Crippen molar-refractivity contribution in [2.24, 2.45) is 0 Å². The van der Waals surface area contributed by atoms with Gasteiger partial charge in [0.2, 0.25) is 0 Å². The van der Waals surface area contributed by atoms with Gasteiger partial charge in [-0.1, -0.05) is 30.3 Å². The highest BCUT2D eigenvalue weighted by Gasteiger charge is 2.17. The maximum atomic E-state index is 13.0. The van der Waals surface area contributed by atoms with E-state index < -0.39 is 6.10 Å². The number of benzene rings is 2. The molecule has 0 saturated heterocycles. The van der Waals surface area contributed by atoms with Crippen LogP contribution in [0.4, 0.5) is 0 Å². The molecule has 2 aromatic heterocycles. The number of aromatic nitrogens is 2. The number of ether oxygens (including phenoxy) is 1. The maximum absolute atomic E-state index is 13.0. The van der Waals surface area contributed by atoms with Gasteiger partial charge in [-0.25, -0.2) is 4.98 Å². The molecular formula is C30H32N4O4. The van der Waals surface area contributed by atoms with Gasteiger partial charge in [0.05, 0.1) is 23.5 Å². The van der Waals surface area contributed by atoms with Gasteiger partial charge in [0.1, 0.15) is 17.5 Å². The fraction of sp³-hybridized carbons (Fsp3) is 0.300. The molecule has 0 saturated carbocycles. The Labute approximate surface area is 222 Å². The minimum atomic E-state index is -0.618. The third-order valence-corrected chi connectivity index (χ3v) is 6.23. The third kappa shape index (κ3) is 6.20. The highest BCUT2D eigenvalue weighted by molar-refractivity contribution is 5.95. The highest BCUT2D eigenvalue weighted by atomic mass is 16.5. The van der Waals surface area contributed by atoms with E-state index in [-0.39, 0.29) is 24.7 Å². The van der Waals surface area contributed by atoms with Gasteiger partial charge >= 0.3 is 0 Å². The van der Waals surface area contributed by atoms with Gasteiger partial charge in [-0.15, -0.1) is 0 Å². The van der Waals surface area contributed by atoms with E-state index >= 15 is 0 Å². The monoisotopic (exact) mass is 512 g/mol. The molecule has 0 radical (unpaired) electrons. The molecule has 0 aliphatic rings. The molecule has 4 rings (SSSR count). The van der Waals surface area contributed by atoms with E-state index in [1.165, 1.54) is 6.07 Å². The van der Waals surface area contributed by atoms with Crippen LogP contribution in [0.5, 0.6) is 5.75 Å². The molecule has 0 fully saturated rings. The average Bonchev–Trinajstić information content (AvgIpc) is 3.33. The lowest BCUT2D eigenvalue weighted by atomic mass is 10.0. The number of amides is 1. The van der Waals surface area contributed by atoms with Gasteiger partial charge in [0.25, 0.3) is 5.91 Å². The van der Waals surface area contributed by atoms with Crippen molar-refractivity contribution in [3.8, 4) is 23.1 Å². The summed E-state index contributed by atoms with van der Waals surface area (Å²) in [7, 11) is 0. The Morgan fingerprint density at radius 3 is 2.58 bits per heavy atom. The van der Waals surface area contributed by atoms with Crippen molar-refractivity contribution in [2.75, 3.05) is 6.61 Å². The SMILES string of the molecule is CC(C)Oc1ccc(C(=O)N[C@H](CCO)Cc2ccc(-c3cn4cccc([C@H](C)O)c4n3)cc2)cc1C#N. The number of pyridine rings is 1. The van der Waals surface area contributed by atoms with E-state index in [1.807, 2.05) is 67.0 Å². The Morgan fingerprint density at radius 1 is 1.16 bits per heavy atom. The molecule has 8 nitrogen and oxygen atoms in total. The largest absolute Gasteiger partial charge is 0.490 e. The van der Waals surface area contributed by atoms with E-state index in [4.69, 9.17) is 9.72 Å². The molecule has 38 heavy (non-hydrogen) atoms. The van der Waals surface area contributed by atoms with E-state index in [2.05, 4.69) is 11.4 Å². The zero-order valence-electron chi connectivity index (χ0n) is 21.8. The molecule has 2 aromatic carbocycles. The minimum absolute atomic E-state index is 0.0689. The van der Waals surface area contributed by atoms with Crippen molar-refractivity contribution < 1.29 is 19.7 Å². The number of aliphatic hydroxyl groups excluding tert-OH is 2. The molecule has 196 valence electrons. The quantitative estimate of drug-likeness (QED) is 0.289. The molecule has 1 amide bonds. The zero-order chi connectivity index (χ0) is 27.2. The summed E-state index contributed by atoms with van der Waals surface area (Å²) >= 11 is 0. The fourth-order valence-corrected chi connectivity index (χ4v) is 4.36. The van der Waals surface area contributed by atoms with E-state index in [0.717, 1.165) is 28.0 Å². The lowest BCUT2D eigenvalue weighted by Gasteiger charge is -2.19. The number of imidazole rings is 1. The number of carbonyl (C=O) groups is 1. The highest BCUT2D eigenvalue weighted by Crippen LogP contribution is 2.25. The second-order valence-electron chi connectivity index (χ2n) is 9.57. The standard InChI is InChI=1S/C30H32N4O4/c1-19(2)38-28-11-10-23(16-24(28)17-31)30(37)32-25(12-14-35)15-21-6-8-22(9-7-21)27-18-34-13-4-5-26(20(3)36)29(34)33-27/h4-11,13,16,18-20,25,35-36H,12,14-15H2,1-3H3,(H,32,37)/t20-,25+/m0/s1. The Morgan fingerprint density at radius 2 is 1.92 bits per heavy atom. The van der Waals surface area contributed by atoms with Crippen molar-refractivity contribution in [3.05, 3.63) is 89.2 Å². The Balaban J connectivity index is 1.47. The Bertz CT molecular complexity index is 1450. The Kier molecular flexibility index (Phi) is 8.41. The number of hydrogen-bond acceptors (Lipinski definition) is 6. The van der Waals surface area contributed by atoms with Gasteiger partial charge in [-0.3, -0.25) is 4.79 Å². The van der Waals surface area contributed by atoms with Crippen LogP contribution in [0, 0.1) is 11.3 Å².